The number of ether oxygens (including phenoxy) is 1. The molecule has 0 saturated carbocycles. The van der Waals surface area contributed by atoms with Crippen LogP contribution in [0.15, 0.2) is 48.5 Å². The van der Waals surface area contributed by atoms with E-state index in [1.54, 1.807) is 6.07 Å². The zero-order chi connectivity index (χ0) is 13.8. The number of benzene rings is 2. The zero-order valence-electron chi connectivity index (χ0n) is 10.5. The fourth-order valence-electron chi connectivity index (χ4n) is 1.85. The molecule has 0 aliphatic rings. The van der Waals surface area contributed by atoms with Gasteiger partial charge in [0.15, 0.2) is 0 Å². The third kappa shape index (κ3) is 3.91. The summed E-state index contributed by atoms with van der Waals surface area (Å²) < 4.78 is 20.3. The van der Waals surface area contributed by atoms with Crippen molar-refractivity contribution in [3.05, 3.63) is 63.5 Å². The van der Waals surface area contributed by atoms with Crippen molar-refractivity contribution in [3.63, 3.8) is 0 Å². The fraction of sp³-hybridized carbons (Fsp3) is 0.200. The largest absolute Gasteiger partial charge is 0.484 e. The van der Waals surface area contributed by atoms with Crippen LogP contribution in [-0.2, 0) is 0 Å². The predicted octanol–water partition coefficient (Wildman–Crippen LogP) is 3.90. The molecule has 0 heterocycles. The second kappa shape index (κ2) is 6.34. The minimum atomic E-state index is -0.367. The molecule has 0 saturated heterocycles. The molecule has 0 radical (unpaired) electrons. The second-order valence-electron chi connectivity index (χ2n) is 4.41. The van der Waals surface area contributed by atoms with Gasteiger partial charge in [-0.05, 0) is 65.4 Å². The van der Waals surface area contributed by atoms with Gasteiger partial charge < -0.3 is 10.5 Å². The van der Waals surface area contributed by atoms with E-state index >= 15 is 0 Å². The zero-order valence-corrected chi connectivity index (χ0v) is 12.7. The number of hydrogen-bond donors (Lipinski definition) is 1. The molecule has 2 rings (SSSR count). The Labute approximate surface area is 125 Å². The number of rotatable bonds is 4. The molecule has 2 aromatic carbocycles. The van der Waals surface area contributed by atoms with Crippen molar-refractivity contribution in [2.75, 3.05) is 0 Å². The Hall–Kier alpha value is -1.14. The number of halogens is 2. The first-order chi connectivity index (χ1) is 9.06. The van der Waals surface area contributed by atoms with Gasteiger partial charge >= 0.3 is 0 Å². The highest BCUT2D eigenvalue weighted by atomic mass is 127. The standard InChI is InChI=1S/C15H15FINO/c1-10(18)15(11-4-2-5-12(16)8-11)19-14-7-3-6-13(17)9-14/h2-10,15H,18H2,1H3. The third-order valence-electron chi connectivity index (χ3n) is 2.71. The lowest BCUT2D eigenvalue weighted by Gasteiger charge is -2.23. The van der Waals surface area contributed by atoms with Crippen molar-refractivity contribution < 1.29 is 9.13 Å². The molecule has 2 atom stereocenters. The summed E-state index contributed by atoms with van der Waals surface area (Å²) >= 11 is 2.22. The molecule has 2 nitrogen and oxygen atoms in total. The van der Waals surface area contributed by atoms with E-state index in [0.29, 0.717) is 0 Å². The predicted molar refractivity (Wildman–Crippen MR) is 82.6 cm³/mol. The van der Waals surface area contributed by atoms with Gasteiger partial charge in [-0.15, -0.1) is 0 Å². The fourth-order valence-corrected chi connectivity index (χ4v) is 2.36. The van der Waals surface area contributed by atoms with Gasteiger partial charge in [0.05, 0.1) is 0 Å². The van der Waals surface area contributed by atoms with Crippen LogP contribution < -0.4 is 10.5 Å². The van der Waals surface area contributed by atoms with Crippen molar-refractivity contribution in [1.82, 2.24) is 0 Å². The van der Waals surface area contributed by atoms with Gasteiger partial charge in [-0.25, -0.2) is 4.39 Å². The van der Waals surface area contributed by atoms with Crippen molar-refractivity contribution in [3.8, 4) is 5.75 Å². The maximum Gasteiger partial charge on any atom is 0.139 e. The van der Waals surface area contributed by atoms with E-state index in [0.717, 1.165) is 14.9 Å². The van der Waals surface area contributed by atoms with Crippen LogP contribution in [0.3, 0.4) is 0 Å². The molecule has 100 valence electrons. The average Bonchev–Trinajstić information content (AvgIpc) is 2.35. The van der Waals surface area contributed by atoms with Gasteiger partial charge in [-0.2, -0.15) is 0 Å². The van der Waals surface area contributed by atoms with Gasteiger partial charge in [0, 0.05) is 9.61 Å². The molecular weight excluding hydrogens is 356 g/mol. The minimum absolute atomic E-state index is 0.236. The summed E-state index contributed by atoms with van der Waals surface area (Å²) in [7, 11) is 0. The molecule has 2 aromatic rings. The Morgan fingerprint density at radius 1 is 1.16 bits per heavy atom. The van der Waals surface area contributed by atoms with Gasteiger partial charge in [-0.1, -0.05) is 18.2 Å². The molecule has 0 aliphatic carbocycles. The van der Waals surface area contributed by atoms with Crippen molar-refractivity contribution in [2.24, 2.45) is 5.73 Å². The summed E-state index contributed by atoms with van der Waals surface area (Å²) in [5, 5.41) is 0. The Bertz CT molecular complexity index is 559. The second-order valence-corrected chi connectivity index (χ2v) is 5.66. The van der Waals surface area contributed by atoms with Gasteiger partial charge in [0.2, 0.25) is 0 Å². The van der Waals surface area contributed by atoms with E-state index in [4.69, 9.17) is 10.5 Å². The van der Waals surface area contributed by atoms with E-state index in [-0.39, 0.29) is 18.0 Å². The quantitative estimate of drug-likeness (QED) is 0.828. The lowest BCUT2D eigenvalue weighted by atomic mass is 10.0. The molecule has 0 aromatic heterocycles. The van der Waals surface area contributed by atoms with Crippen molar-refractivity contribution in [2.45, 2.75) is 19.1 Å². The highest BCUT2D eigenvalue weighted by Gasteiger charge is 2.18. The average molecular weight is 371 g/mol. The lowest BCUT2D eigenvalue weighted by Crippen LogP contribution is -2.29. The van der Waals surface area contributed by atoms with E-state index in [1.165, 1.54) is 12.1 Å². The maximum absolute atomic E-state index is 13.3. The summed E-state index contributed by atoms with van der Waals surface area (Å²) in [6, 6.07) is 13.8. The van der Waals surface area contributed by atoms with Crippen LogP contribution in [0.1, 0.15) is 18.6 Å². The van der Waals surface area contributed by atoms with Crippen LogP contribution >= 0.6 is 22.6 Å². The van der Waals surface area contributed by atoms with Crippen LogP contribution in [0.25, 0.3) is 0 Å². The molecule has 2 unspecified atom stereocenters. The molecular formula is C15H15FINO. The summed E-state index contributed by atoms with van der Waals surface area (Å²) in [5.74, 6) is 0.452. The first-order valence-corrected chi connectivity index (χ1v) is 7.07. The SMILES string of the molecule is CC(N)C(Oc1cccc(I)c1)c1cccc(F)c1. The van der Waals surface area contributed by atoms with Crippen LogP contribution in [-0.4, -0.2) is 6.04 Å². The summed E-state index contributed by atoms with van der Waals surface area (Å²) in [6.45, 7) is 1.85. The van der Waals surface area contributed by atoms with E-state index in [2.05, 4.69) is 22.6 Å². The van der Waals surface area contributed by atoms with E-state index in [9.17, 15) is 4.39 Å². The van der Waals surface area contributed by atoms with E-state index in [1.807, 2.05) is 37.3 Å². The van der Waals surface area contributed by atoms with Crippen molar-refractivity contribution >= 4 is 22.6 Å². The highest BCUT2D eigenvalue weighted by molar-refractivity contribution is 14.1. The summed E-state index contributed by atoms with van der Waals surface area (Å²) in [5.41, 5.74) is 6.70. The smallest absolute Gasteiger partial charge is 0.139 e. The molecule has 0 amide bonds. The van der Waals surface area contributed by atoms with Crippen LogP contribution in [0.2, 0.25) is 0 Å². The minimum Gasteiger partial charge on any atom is -0.484 e. The molecule has 19 heavy (non-hydrogen) atoms. The maximum atomic E-state index is 13.3. The van der Waals surface area contributed by atoms with Crippen LogP contribution in [0.5, 0.6) is 5.75 Å². The first-order valence-electron chi connectivity index (χ1n) is 5.99. The highest BCUT2D eigenvalue weighted by Crippen LogP contribution is 2.25. The topological polar surface area (TPSA) is 35.2 Å². The Balaban J connectivity index is 2.26. The molecule has 2 N–H and O–H groups in total. The van der Waals surface area contributed by atoms with Gasteiger partial charge in [0.25, 0.3) is 0 Å². The monoisotopic (exact) mass is 371 g/mol. The molecule has 4 heteroatoms. The van der Waals surface area contributed by atoms with Gasteiger partial charge in [-0.3, -0.25) is 0 Å². The van der Waals surface area contributed by atoms with Gasteiger partial charge in [0.1, 0.15) is 17.7 Å². The lowest BCUT2D eigenvalue weighted by molar-refractivity contribution is 0.180. The molecule has 0 aliphatic heterocycles. The Morgan fingerprint density at radius 2 is 1.89 bits per heavy atom. The summed E-state index contributed by atoms with van der Waals surface area (Å²) in [6.07, 6.45) is -0.367. The normalized spacial score (nSPS) is 13.9. The Morgan fingerprint density at radius 3 is 2.53 bits per heavy atom. The third-order valence-corrected chi connectivity index (χ3v) is 3.38. The van der Waals surface area contributed by atoms with Crippen LogP contribution in [0.4, 0.5) is 4.39 Å². The number of hydrogen-bond acceptors (Lipinski definition) is 2. The number of nitrogens with two attached hydrogens (primary N) is 1. The molecule has 0 spiro atoms. The first kappa shape index (κ1) is 14.3. The van der Waals surface area contributed by atoms with Crippen molar-refractivity contribution in [1.29, 1.82) is 0 Å². The summed E-state index contributed by atoms with van der Waals surface area (Å²) in [4.78, 5) is 0. The Kier molecular flexibility index (Phi) is 4.76. The van der Waals surface area contributed by atoms with Crippen LogP contribution in [0, 0.1) is 9.39 Å². The molecule has 0 fully saturated rings. The molecule has 0 bridgehead atoms. The van der Waals surface area contributed by atoms with E-state index < -0.39 is 0 Å².